The predicted molar refractivity (Wildman–Crippen MR) is 45.7 cm³/mol. The average Bonchev–Trinajstić information content (AvgIpc) is 1.91. The van der Waals surface area contributed by atoms with Crippen LogP contribution in [-0.4, -0.2) is 18.1 Å². The minimum absolute atomic E-state index is 0.452. The molecule has 0 fully saturated rings. The summed E-state index contributed by atoms with van der Waals surface area (Å²) in [6, 6.07) is 0.452. The minimum Gasteiger partial charge on any atom is -0.315 e. The Morgan fingerprint density at radius 2 is 2.30 bits per heavy atom. The SMILES string of the molecule is C/C=C(\CC)N(C)NCCl. The summed E-state index contributed by atoms with van der Waals surface area (Å²) < 4.78 is 0. The molecule has 0 amide bonds. The van der Waals surface area contributed by atoms with Crippen LogP contribution in [0, 0.1) is 0 Å². The molecule has 60 valence electrons. The normalized spacial score (nSPS) is 11.8. The molecule has 0 aromatic carbocycles. The van der Waals surface area contributed by atoms with Gasteiger partial charge in [-0.3, -0.25) is 0 Å². The minimum atomic E-state index is 0.452. The molecule has 0 saturated carbocycles. The van der Waals surface area contributed by atoms with Crippen LogP contribution in [0.3, 0.4) is 0 Å². The van der Waals surface area contributed by atoms with Gasteiger partial charge >= 0.3 is 0 Å². The van der Waals surface area contributed by atoms with Crippen LogP contribution in [0.15, 0.2) is 11.8 Å². The maximum Gasteiger partial charge on any atom is 0.0893 e. The molecular formula is C7H15ClN2. The van der Waals surface area contributed by atoms with Crippen molar-refractivity contribution in [2.75, 3.05) is 13.1 Å². The van der Waals surface area contributed by atoms with Crippen LogP contribution in [0.2, 0.25) is 0 Å². The highest BCUT2D eigenvalue weighted by molar-refractivity contribution is 6.17. The van der Waals surface area contributed by atoms with Gasteiger partial charge in [0.1, 0.15) is 0 Å². The Morgan fingerprint density at radius 3 is 2.60 bits per heavy atom. The highest BCUT2D eigenvalue weighted by Gasteiger charge is 1.96. The number of halogens is 1. The first-order valence-electron chi connectivity index (χ1n) is 3.44. The molecule has 0 aliphatic rings. The monoisotopic (exact) mass is 162 g/mol. The highest BCUT2D eigenvalue weighted by atomic mass is 35.5. The molecule has 1 N–H and O–H groups in total. The van der Waals surface area contributed by atoms with Gasteiger partial charge in [-0.1, -0.05) is 13.0 Å². The van der Waals surface area contributed by atoms with Gasteiger partial charge in [0, 0.05) is 12.7 Å². The van der Waals surface area contributed by atoms with E-state index in [1.54, 1.807) is 0 Å². The molecule has 0 heterocycles. The summed E-state index contributed by atoms with van der Waals surface area (Å²) in [5.41, 5.74) is 4.23. The molecule has 10 heavy (non-hydrogen) atoms. The lowest BCUT2D eigenvalue weighted by atomic mass is 10.3. The lowest BCUT2D eigenvalue weighted by molar-refractivity contribution is 0.314. The number of nitrogens with zero attached hydrogens (tertiary/aromatic N) is 1. The molecule has 0 radical (unpaired) electrons. The molecule has 0 bridgehead atoms. The van der Waals surface area contributed by atoms with Crippen LogP contribution in [-0.2, 0) is 0 Å². The van der Waals surface area contributed by atoms with E-state index in [1.807, 2.05) is 19.0 Å². The number of allylic oxidation sites excluding steroid dienone is 2. The highest BCUT2D eigenvalue weighted by Crippen LogP contribution is 2.01. The molecular weight excluding hydrogens is 148 g/mol. The Hall–Kier alpha value is -0.210. The van der Waals surface area contributed by atoms with E-state index in [0.29, 0.717) is 6.00 Å². The smallest absolute Gasteiger partial charge is 0.0893 e. The molecule has 0 aromatic rings. The Bertz CT molecular complexity index is 112. The molecule has 0 rings (SSSR count). The van der Waals surface area contributed by atoms with Crippen molar-refractivity contribution in [2.24, 2.45) is 0 Å². The largest absolute Gasteiger partial charge is 0.315 e. The summed E-state index contributed by atoms with van der Waals surface area (Å²) in [5, 5.41) is 1.94. The number of hydrogen-bond acceptors (Lipinski definition) is 2. The Labute approximate surface area is 67.8 Å². The average molecular weight is 163 g/mol. The molecule has 2 nitrogen and oxygen atoms in total. The summed E-state index contributed by atoms with van der Waals surface area (Å²) in [7, 11) is 1.96. The predicted octanol–water partition coefficient (Wildman–Crippen LogP) is 1.93. The molecule has 0 aromatic heterocycles. The number of hydrazine groups is 1. The zero-order chi connectivity index (χ0) is 7.98. The first kappa shape index (κ1) is 9.79. The lowest BCUT2D eigenvalue weighted by Crippen LogP contribution is -2.32. The Balaban J connectivity index is 3.77. The first-order chi connectivity index (χ1) is 4.76. The summed E-state index contributed by atoms with van der Waals surface area (Å²) in [4.78, 5) is 0. The summed E-state index contributed by atoms with van der Waals surface area (Å²) in [5.74, 6) is 0. The molecule has 0 saturated heterocycles. The van der Waals surface area contributed by atoms with Gasteiger partial charge in [0.2, 0.25) is 0 Å². The third-order valence-corrected chi connectivity index (χ3v) is 1.54. The Kier molecular flexibility index (Phi) is 5.45. The summed E-state index contributed by atoms with van der Waals surface area (Å²) >= 11 is 5.47. The molecule has 3 heteroatoms. The van der Waals surface area contributed by atoms with Gasteiger partial charge in [0.15, 0.2) is 0 Å². The van der Waals surface area contributed by atoms with Gasteiger partial charge in [-0.05, 0) is 13.3 Å². The van der Waals surface area contributed by atoms with E-state index in [-0.39, 0.29) is 0 Å². The van der Waals surface area contributed by atoms with E-state index in [4.69, 9.17) is 11.6 Å². The topological polar surface area (TPSA) is 15.3 Å². The molecule has 0 atom stereocenters. The first-order valence-corrected chi connectivity index (χ1v) is 3.98. The van der Waals surface area contributed by atoms with Crippen LogP contribution in [0.5, 0.6) is 0 Å². The summed E-state index contributed by atoms with van der Waals surface area (Å²) in [6.45, 7) is 4.13. The number of rotatable bonds is 4. The standard InChI is InChI=1S/C7H15ClN2/c1-4-7(5-2)10(3)9-6-8/h4,9H,5-6H2,1-3H3/b7-4+. The van der Waals surface area contributed by atoms with Crippen LogP contribution in [0.25, 0.3) is 0 Å². The lowest BCUT2D eigenvalue weighted by Gasteiger charge is -2.20. The second-order valence-corrected chi connectivity index (χ2v) is 2.25. The third-order valence-electron chi connectivity index (χ3n) is 1.42. The van der Waals surface area contributed by atoms with E-state index in [1.165, 1.54) is 5.70 Å². The van der Waals surface area contributed by atoms with E-state index in [2.05, 4.69) is 18.4 Å². The van der Waals surface area contributed by atoms with Crippen molar-refractivity contribution in [3.8, 4) is 0 Å². The second kappa shape index (κ2) is 5.57. The van der Waals surface area contributed by atoms with Gasteiger partial charge in [-0.25, -0.2) is 5.43 Å². The maximum atomic E-state index is 5.47. The zero-order valence-electron chi connectivity index (χ0n) is 6.82. The third kappa shape index (κ3) is 3.08. The van der Waals surface area contributed by atoms with Crippen molar-refractivity contribution in [2.45, 2.75) is 20.3 Å². The quantitative estimate of drug-likeness (QED) is 0.386. The van der Waals surface area contributed by atoms with E-state index < -0.39 is 0 Å². The number of hydrogen-bond donors (Lipinski definition) is 1. The van der Waals surface area contributed by atoms with Gasteiger partial charge in [0.05, 0.1) is 6.00 Å². The molecule has 0 unspecified atom stereocenters. The van der Waals surface area contributed by atoms with Crippen molar-refractivity contribution in [1.29, 1.82) is 0 Å². The summed E-state index contributed by atoms with van der Waals surface area (Å²) in [6.07, 6.45) is 3.09. The van der Waals surface area contributed by atoms with Gasteiger partial charge in [-0.2, -0.15) is 0 Å². The van der Waals surface area contributed by atoms with Gasteiger partial charge in [-0.15, -0.1) is 11.6 Å². The van der Waals surface area contributed by atoms with Crippen LogP contribution >= 0.6 is 11.6 Å². The van der Waals surface area contributed by atoms with Crippen LogP contribution in [0.1, 0.15) is 20.3 Å². The van der Waals surface area contributed by atoms with Gasteiger partial charge in [0.25, 0.3) is 0 Å². The zero-order valence-corrected chi connectivity index (χ0v) is 7.57. The molecule has 0 aliphatic carbocycles. The van der Waals surface area contributed by atoms with Crippen LogP contribution in [0.4, 0.5) is 0 Å². The van der Waals surface area contributed by atoms with Crippen molar-refractivity contribution in [3.05, 3.63) is 11.8 Å². The number of alkyl halides is 1. The fraction of sp³-hybridized carbons (Fsp3) is 0.714. The van der Waals surface area contributed by atoms with E-state index in [9.17, 15) is 0 Å². The van der Waals surface area contributed by atoms with Gasteiger partial charge < -0.3 is 5.01 Å². The maximum absolute atomic E-state index is 5.47. The van der Waals surface area contributed by atoms with Crippen molar-refractivity contribution in [3.63, 3.8) is 0 Å². The fourth-order valence-corrected chi connectivity index (χ4v) is 1.01. The van der Waals surface area contributed by atoms with Crippen LogP contribution < -0.4 is 5.43 Å². The van der Waals surface area contributed by atoms with E-state index in [0.717, 1.165) is 6.42 Å². The van der Waals surface area contributed by atoms with Crippen molar-refractivity contribution < 1.29 is 0 Å². The van der Waals surface area contributed by atoms with E-state index >= 15 is 0 Å². The Morgan fingerprint density at radius 1 is 1.70 bits per heavy atom. The second-order valence-electron chi connectivity index (χ2n) is 1.98. The van der Waals surface area contributed by atoms with Crippen molar-refractivity contribution in [1.82, 2.24) is 10.4 Å². The molecule has 0 aliphatic heterocycles. The molecule has 0 spiro atoms. The van der Waals surface area contributed by atoms with Crippen molar-refractivity contribution >= 4 is 11.6 Å². The fourth-order valence-electron chi connectivity index (χ4n) is 0.826. The number of nitrogens with one attached hydrogen (secondary N) is 1.